The highest BCUT2D eigenvalue weighted by atomic mass is 32.2. The third-order valence-corrected chi connectivity index (χ3v) is 6.21. The number of hydrogen-bond donors (Lipinski definition) is 2. The van der Waals surface area contributed by atoms with E-state index in [0.717, 1.165) is 5.56 Å². The van der Waals surface area contributed by atoms with E-state index >= 15 is 0 Å². The van der Waals surface area contributed by atoms with Gasteiger partial charge in [0, 0.05) is 18.2 Å². The molecule has 1 saturated carbocycles. The van der Waals surface area contributed by atoms with Gasteiger partial charge in [-0.2, -0.15) is 0 Å². The van der Waals surface area contributed by atoms with Crippen molar-refractivity contribution in [1.29, 1.82) is 0 Å². The van der Waals surface area contributed by atoms with E-state index in [-0.39, 0.29) is 12.3 Å². The number of nitrogens with two attached hydrogens (primary N) is 1. The van der Waals surface area contributed by atoms with Gasteiger partial charge in [-0.05, 0) is 5.56 Å². The Kier molecular flexibility index (Phi) is 3.40. The molecule has 0 bridgehead atoms. The molecular formula is C13H17NO4S. The first-order valence-electron chi connectivity index (χ1n) is 6.11. The Morgan fingerprint density at radius 2 is 1.95 bits per heavy atom. The first-order valence-corrected chi connectivity index (χ1v) is 7.83. The number of sulfone groups is 1. The Hall–Kier alpha value is -1.40. The van der Waals surface area contributed by atoms with Crippen LogP contribution in [0.3, 0.4) is 0 Å². The van der Waals surface area contributed by atoms with Gasteiger partial charge in [0.1, 0.15) is 5.41 Å². The van der Waals surface area contributed by atoms with E-state index in [2.05, 4.69) is 0 Å². The molecule has 1 aliphatic rings. The first kappa shape index (κ1) is 14.0. The Labute approximate surface area is 112 Å². The van der Waals surface area contributed by atoms with Crippen LogP contribution in [0.25, 0.3) is 0 Å². The molecule has 3 atom stereocenters. The highest BCUT2D eigenvalue weighted by Gasteiger charge is 2.74. The maximum Gasteiger partial charge on any atom is 0.312 e. The summed E-state index contributed by atoms with van der Waals surface area (Å²) in [5.41, 5.74) is 4.93. The van der Waals surface area contributed by atoms with Gasteiger partial charge in [-0.15, -0.1) is 0 Å². The molecule has 19 heavy (non-hydrogen) atoms. The van der Waals surface area contributed by atoms with Crippen LogP contribution in [0, 0.1) is 5.41 Å². The van der Waals surface area contributed by atoms with Crippen LogP contribution in [0.2, 0.25) is 0 Å². The second-order valence-electron chi connectivity index (χ2n) is 4.81. The molecule has 2 rings (SSSR count). The highest BCUT2D eigenvalue weighted by molar-refractivity contribution is 7.92. The van der Waals surface area contributed by atoms with Crippen molar-refractivity contribution in [2.45, 2.75) is 18.1 Å². The zero-order chi connectivity index (χ0) is 14.3. The van der Waals surface area contributed by atoms with Crippen LogP contribution in [-0.4, -0.2) is 37.0 Å². The number of benzene rings is 1. The largest absolute Gasteiger partial charge is 0.481 e. The van der Waals surface area contributed by atoms with Crippen molar-refractivity contribution in [2.24, 2.45) is 11.1 Å². The topological polar surface area (TPSA) is 97.5 Å². The molecule has 6 heteroatoms. The Morgan fingerprint density at radius 3 is 2.37 bits per heavy atom. The number of rotatable bonds is 5. The van der Waals surface area contributed by atoms with Crippen LogP contribution in [0.4, 0.5) is 0 Å². The Balaban J connectivity index is 2.51. The van der Waals surface area contributed by atoms with E-state index in [9.17, 15) is 18.3 Å². The number of carbonyl (C=O) groups is 1. The van der Waals surface area contributed by atoms with Gasteiger partial charge in [-0.1, -0.05) is 37.3 Å². The standard InChI is InChI=1S/C13H17NO4S/c1-2-19(17,18)11-10(9-6-4-3-5-7-9)13(11,8-14)12(15)16/h3-7,10-11H,2,8,14H2,1H3,(H,15,16)/t10-,11-,13-/m1/s1. The SMILES string of the molecule is CCS(=O)(=O)[C@@H]1[C@@H](c2ccccc2)[C@@]1(CN)C(=O)O. The van der Waals surface area contributed by atoms with Gasteiger partial charge in [0.05, 0.1) is 5.25 Å². The molecule has 5 nitrogen and oxygen atoms in total. The van der Waals surface area contributed by atoms with E-state index in [0.29, 0.717) is 0 Å². The van der Waals surface area contributed by atoms with Gasteiger partial charge in [-0.25, -0.2) is 8.42 Å². The summed E-state index contributed by atoms with van der Waals surface area (Å²) < 4.78 is 24.2. The number of hydrogen-bond acceptors (Lipinski definition) is 4. The quantitative estimate of drug-likeness (QED) is 0.825. The Morgan fingerprint density at radius 1 is 1.37 bits per heavy atom. The lowest BCUT2D eigenvalue weighted by Crippen LogP contribution is -2.32. The predicted octanol–water partition coefficient (Wildman–Crippen LogP) is 0.617. The van der Waals surface area contributed by atoms with Crippen molar-refractivity contribution < 1.29 is 18.3 Å². The van der Waals surface area contributed by atoms with Crippen molar-refractivity contribution in [3.8, 4) is 0 Å². The van der Waals surface area contributed by atoms with Crippen LogP contribution in [-0.2, 0) is 14.6 Å². The molecule has 3 N–H and O–H groups in total. The lowest BCUT2D eigenvalue weighted by molar-refractivity contribution is -0.143. The van der Waals surface area contributed by atoms with Crippen LogP contribution >= 0.6 is 0 Å². The molecule has 1 aromatic rings. The molecule has 0 spiro atoms. The van der Waals surface area contributed by atoms with E-state index in [4.69, 9.17) is 5.73 Å². The average molecular weight is 283 g/mol. The first-order chi connectivity index (χ1) is 8.91. The van der Waals surface area contributed by atoms with Gasteiger partial charge in [-0.3, -0.25) is 4.79 Å². The number of carboxylic acids is 1. The number of carboxylic acid groups (broad SMARTS) is 1. The molecule has 0 amide bonds. The summed E-state index contributed by atoms with van der Waals surface area (Å²) in [4.78, 5) is 11.5. The van der Waals surface area contributed by atoms with Crippen molar-refractivity contribution in [3.05, 3.63) is 35.9 Å². The molecule has 104 valence electrons. The van der Waals surface area contributed by atoms with Gasteiger partial charge in [0.15, 0.2) is 9.84 Å². The zero-order valence-electron chi connectivity index (χ0n) is 10.6. The van der Waals surface area contributed by atoms with E-state index < -0.39 is 32.4 Å². The van der Waals surface area contributed by atoms with Gasteiger partial charge in [0.25, 0.3) is 0 Å². The molecule has 0 aromatic heterocycles. The second-order valence-corrected chi connectivity index (χ2v) is 7.22. The van der Waals surface area contributed by atoms with Gasteiger partial charge in [0.2, 0.25) is 0 Å². The summed E-state index contributed by atoms with van der Waals surface area (Å²) in [7, 11) is -3.45. The summed E-state index contributed by atoms with van der Waals surface area (Å²) in [5, 5.41) is 8.50. The summed E-state index contributed by atoms with van der Waals surface area (Å²) in [6, 6.07) is 8.85. The maximum atomic E-state index is 12.1. The normalized spacial score (nSPS) is 30.0. The minimum absolute atomic E-state index is 0.0734. The second kappa shape index (κ2) is 4.61. The van der Waals surface area contributed by atoms with Crippen molar-refractivity contribution in [2.75, 3.05) is 12.3 Å². The summed E-state index contributed by atoms with van der Waals surface area (Å²) in [6.45, 7) is 1.35. The lowest BCUT2D eigenvalue weighted by Gasteiger charge is -2.09. The van der Waals surface area contributed by atoms with Crippen molar-refractivity contribution in [3.63, 3.8) is 0 Å². The van der Waals surface area contributed by atoms with Crippen molar-refractivity contribution in [1.82, 2.24) is 0 Å². The van der Waals surface area contributed by atoms with Crippen molar-refractivity contribution >= 4 is 15.8 Å². The van der Waals surface area contributed by atoms with Gasteiger partial charge >= 0.3 is 5.97 Å². The summed E-state index contributed by atoms with van der Waals surface area (Å²) in [6.07, 6.45) is 0. The fraction of sp³-hybridized carbons (Fsp3) is 0.462. The van der Waals surface area contributed by atoms with Crippen LogP contribution in [0.1, 0.15) is 18.4 Å². The maximum absolute atomic E-state index is 12.1. The molecule has 0 saturated heterocycles. The zero-order valence-corrected chi connectivity index (χ0v) is 11.4. The highest BCUT2D eigenvalue weighted by Crippen LogP contribution is 2.62. The molecule has 1 aliphatic carbocycles. The van der Waals surface area contributed by atoms with Gasteiger partial charge < -0.3 is 10.8 Å². The monoisotopic (exact) mass is 283 g/mol. The fourth-order valence-corrected chi connectivity index (χ4v) is 4.91. The lowest BCUT2D eigenvalue weighted by atomic mass is 9.99. The summed E-state index contributed by atoms with van der Waals surface area (Å²) in [5.74, 6) is -1.76. The predicted molar refractivity (Wildman–Crippen MR) is 71.6 cm³/mol. The molecule has 0 radical (unpaired) electrons. The third kappa shape index (κ3) is 1.95. The van der Waals surface area contributed by atoms with E-state index in [1.54, 1.807) is 30.3 Å². The van der Waals surface area contributed by atoms with E-state index in [1.165, 1.54) is 6.92 Å². The molecule has 0 aliphatic heterocycles. The third-order valence-electron chi connectivity index (χ3n) is 3.94. The fourth-order valence-electron chi connectivity index (χ4n) is 2.83. The smallest absolute Gasteiger partial charge is 0.312 e. The average Bonchev–Trinajstić information content (AvgIpc) is 3.11. The Bertz CT molecular complexity index is 584. The van der Waals surface area contributed by atoms with Crippen LogP contribution < -0.4 is 5.73 Å². The molecule has 1 fully saturated rings. The van der Waals surface area contributed by atoms with E-state index in [1.807, 2.05) is 0 Å². The summed E-state index contributed by atoms with van der Waals surface area (Å²) >= 11 is 0. The molecule has 0 heterocycles. The minimum Gasteiger partial charge on any atom is -0.481 e. The van der Waals surface area contributed by atoms with Crippen LogP contribution in [0.15, 0.2) is 30.3 Å². The molecule has 1 aromatic carbocycles. The minimum atomic E-state index is -3.45. The molecular weight excluding hydrogens is 266 g/mol. The number of aliphatic carboxylic acids is 1. The molecule has 0 unspecified atom stereocenters. The van der Waals surface area contributed by atoms with Crippen LogP contribution in [0.5, 0.6) is 0 Å².